The normalized spacial score (nSPS) is 11.7. The van der Waals surface area contributed by atoms with Crippen LogP contribution in [-0.2, 0) is 0 Å². The first-order valence-corrected chi connectivity index (χ1v) is 15.9. The maximum Gasteiger partial charge on any atom is 0.160 e. The van der Waals surface area contributed by atoms with Gasteiger partial charge in [0, 0.05) is 43.2 Å². The Labute approximate surface area is 256 Å². The van der Waals surface area contributed by atoms with E-state index in [1.54, 1.807) is 0 Å². The summed E-state index contributed by atoms with van der Waals surface area (Å²) in [5, 5.41) is 3.90. The lowest BCUT2D eigenvalue weighted by atomic mass is 10.1. The van der Waals surface area contributed by atoms with E-state index in [2.05, 4.69) is 132 Å². The minimum Gasteiger partial charge on any atom is -0.301 e. The number of nitrogens with zero attached hydrogens (tertiary/aromatic N) is 3. The minimum absolute atomic E-state index is 0.738. The molecule has 5 aromatic carbocycles. The first-order chi connectivity index (χ1) is 21.3. The lowest BCUT2D eigenvalue weighted by molar-refractivity contribution is 1.18. The SMILES string of the molecule is c1ccc(-c2cc(-c3ccccc3)nc(-c3ccc4sc5c(sc6c5c5ccccc5n6-c5ccccc5)c4c3)n2)cc1. The first-order valence-electron chi connectivity index (χ1n) is 14.3. The van der Waals surface area contributed by atoms with Crippen LogP contribution < -0.4 is 0 Å². The average Bonchev–Trinajstić information content (AvgIpc) is 3.72. The number of aromatic nitrogens is 3. The summed E-state index contributed by atoms with van der Waals surface area (Å²) < 4.78 is 6.37. The standard InChI is InChI=1S/C38H23N3S2/c1-4-12-24(13-5-1)30-23-31(25-14-6-2-7-15-25)40-37(39-30)26-20-21-33-29(22-26)35-36(42-33)34-28-18-10-11-19-32(28)41(38(34)43-35)27-16-8-3-9-17-27/h1-23H. The Kier molecular flexibility index (Phi) is 5.54. The second-order valence-electron chi connectivity index (χ2n) is 10.6. The minimum atomic E-state index is 0.738. The van der Waals surface area contributed by atoms with Gasteiger partial charge in [-0.2, -0.15) is 0 Å². The third-order valence-electron chi connectivity index (χ3n) is 8.04. The van der Waals surface area contributed by atoms with Crippen molar-refractivity contribution in [2.75, 3.05) is 0 Å². The zero-order valence-corrected chi connectivity index (χ0v) is 24.6. The van der Waals surface area contributed by atoms with Gasteiger partial charge in [0.15, 0.2) is 5.82 Å². The second kappa shape index (κ2) is 9.73. The Bertz CT molecular complexity index is 2380. The monoisotopic (exact) mass is 585 g/mol. The number of hydrogen-bond donors (Lipinski definition) is 0. The average molecular weight is 586 g/mol. The van der Waals surface area contributed by atoms with E-state index in [0.29, 0.717) is 0 Å². The maximum atomic E-state index is 5.09. The van der Waals surface area contributed by atoms with Crippen LogP contribution in [0.5, 0.6) is 0 Å². The van der Waals surface area contributed by atoms with Gasteiger partial charge < -0.3 is 4.57 Å². The van der Waals surface area contributed by atoms with Crippen LogP contribution in [0, 0.1) is 0 Å². The fraction of sp³-hybridized carbons (Fsp3) is 0. The van der Waals surface area contributed by atoms with Crippen molar-refractivity contribution in [2.45, 2.75) is 0 Å². The van der Waals surface area contributed by atoms with E-state index in [4.69, 9.17) is 9.97 Å². The maximum absolute atomic E-state index is 5.09. The molecule has 0 fully saturated rings. The highest BCUT2D eigenvalue weighted by molar-refractivity contribution is 7.36. The molecule has 0 radical (unpaired) electrons. The summed E-state index contributed by atoms with van der Waals surface area (Å²) in [5.41, 5.74) is 7.46. The van der Waals surface area contributed by atoms with Gasteiger partial charge in [0.1, 0.15) is 4.83 Å². The number of thiophene rings is 2. The number of benzene rings is 5. The molecule has 0 saturated heterocycles. The van der Waals surface area contributed by atoms with Crippen molar-refractivity contribution < 1.29 is 0 Å². The highest BCUT2D eigenvalue weighted by atomic mass is 32.1. The summed E-state index contributed by atoms with van der Waals surface area (Å²) in [6.45, 7) is 0. The summed E-state index contributed by atoms with van der Waals surface area (Å²) in [7, 11) is 0. The molecule has 202 valence electrons. The molecule has 3 nitrogen and oxygen atoms in total. The molecule has 4 aromatic heterocycles. The fourth-order valence-electron chi connectivity index (χ4n) is 6.03. The molecule has 0 aliphatic carbocycles. The summed E-state index contributed by atoms with van der Waals surface area (Å²) >= 11 is 3.76. The van der Waals surface area contributed by atoms with Crippen LogP contribution in [0.15, 0.2) is 140 Å². The first kappa shape index (κ1) is 24.5. The topological polar surface area (TPSA) is 30.7 Å². The third-order valence-corrected chi connectivity index (χ3v) is 10.6. The quantitative estimate of drug-likeness (QED) is 0.206. The Balaban J connectivity index is 1.28. The third kappa shape index (κ3) is 3.93. The van der Waals surface area contributed by atoms with Gasteiger partial charge in [0.05, 0.1) is 26.3 Å². The molecule has 0 unspecified atom stereocenters. The van der Waals surface area contributed by atoms with Crippen molar-refractivity contribution in [3.8, 4) is 39.6 Å². The molecular weight excluding hydrogens is 563 g/mol. The van der Waals surface area contributed by atoms with Crippen LogP contribution in [0.2, 0.25) is 0 Å². The van der Waals surface area contributed by atoms with Crippen molar-refractivity contribution in [3.05, 3.63) is 140 Å². The summed E-state index contributed by atoms with van der Waals surface area (Å²) in [4.78, 5) is 11.5. The van der Waals surface area contributed by atoms with Gasteiger partial charge in [0.2, 0.25) is 0 Å². The predicted octanol–water partition coefficient (Wildman–Crippen LogP) is 11.0. The van der Waals surface area contributed by atoms with Gasteiger partial charge in [-0.15, -0.1) is 22.7 Å². The van der Waals surface area contributed by atoms with Crippen molar-refractivity contribution in [3.63, 3.8) is 0 Å². The van der Waals surface area contributed by atoms with Crippen molar-refractivity contribution >= 4 is 63.3 Å². The molecule has 0 spiro atoms. The van der Waals surface area contributed by atoms with Gasteiger partial charge in [-0.25, -0.2) is 9.97 Å². The molecule has 9 aromatic rings. The van der Waals surface area contributed by atoms with Gasteiger partial charge in [-0.1, -0.05) is 97.1 Å². The van der Waals surface area contributed by atoms with Crippen molar-refractivity contribution in [1.29, 1.82) is 0 Å². The highest BCUT2D eigenvalue weighted by Gasteiger charge is 2.21. The van der Waals surface area contributed by atoms with E-state index in [1.165, 1.54) is 46.3 Å². The highest BCUT2D eigenvalue weighted by Crippen LogP contribution is 2.49. The molecular formula is C38H23N3S2. The molecule has 0 atom stereocenters. The summed E-state index contributed by atoms with van der Waals surface area (Å²) in [5.74, 6) is 0.738. The molecule has 0 amide bonds. The Morgan fingerprint density at radius 1 is 0.488 bits per heavy atom. The zero-order chi connectivity index (χ0) is 28.3. The van der Waals surface area contributed by atoms with E-state index in [1.807, 2.05) is 34.8 Å². The van der Waals surface area contributed by atoms with Crippen LogP contribution >= 0.6 is 22.7 Å². The molecule has 9 rings (SSSR count). The van der Waals surface area contributed by atoms with E-state index in [0.717, 1.165) is 33.9 Å². The van der Waals surface area contributed by atoms with Crippen LogP contribution in [0.25, 0.3) is 80.2 Å². The lowest BCUT2D eigenvalue weighted by Gasteiger charge is -2.09. The Morgan fingerprint density at radius 2 is 1.12 bits per heavy atom. The number of para-hydroxylation sites is 2. The van der Waals surface area contributed by atoms with Gasteiger partial charge in [0.25, 0.3) is 0 Å². The zero-order valence-electron chi connectivity index (χ0n) is 22.9. The molecule has 0 N–H and O–H groups in total. The second-order valence-corrected chi connectivity index (χ2v) is 12.7. The molecule has 0 bridgehead atoms. The number of hydrogen-bond acceptors (Lipinski definition) is 4. The molecule has 0 aliphatic rings. The predicted molar refractivity (Wildman–Crippen MR) is 183 cm³/mol. The van der Waals surface area contributed by atoms with Gasteiger partial charge in [-0.3, -0.25) is 0 Å². The molecule has 43 heavy (non-hydrogen) atoms. The van der Waals surface area contributed by atoms with E-state index in [-0.39, 0.29) is 0 Å². The van der Waals surface area contributed by atoms with Crippen LogP contribution in [0.1, 0.15) is 0 Å². The van der Waals surface area contributed by atoms with Crippen LogP contribution in [0.4, 0.5) is 0 Å². The molecule has 0 aliphatic heterocycles. The van der Waals surface area contributed by atoms with E-state index < -0.39 is 0 Å². The Hall–Kier alpha value is -5.10. The number of rotatable bonds is 4. The van der Waals surface area contributed by atoms with E-state index in [9.17, 15) is 0 Å². The summed E-state index contributed by atoms with van der Waals surface area (Å²) in [6.07, 6.45) is 0. The largest absolute Gasteiger partial charge is 0.301 e. The molecule has 5 heteroatoms. The van der Waals surface area contributed by atoms with Crippen molar-refractivity contribution in [2.24, 2.45) is 0 Å². The van der Waals surface area contributed by atoms with E-state index >= 15 is 0 Å². The van der Waals surface area contributed by atoms with Gasteiger partial charge in [-0.05, 0) is 42.5 Å². The summed E-state index contributed by atoms with van der Waals surface area (Å²) in [6, 6.07) is 49.0. The fourth-order valence-corrected chi connectivity index (χ4v) is 8.83. The lowest BCUT2D eigenvalue weighted by Crippen LogP contribution is -1.95. The van der Waals surface area contributed by atoms with Crippen LogP contribution in [0.3, 0.4) is 0 Å². The van der Waals surface area contributed by atoms with Crippen molar-refractivity contribution in [1.82, 2.24) is 14.5 Å². The van der Waals surface area contributed by atoms with Gasteiger partial charge >= 0.3 is 0 Å². The molecule has 4 heterocycles. The Morgan fingerprint density at radius 3 is 1.81 bits per heavy atom. The number of fused-ring (bicyclic) bond motifs is 7. The molecule has 0 saturated carbocycles. The van der Waals surface area contributed by atoms with Crippen LogP contribution in [-0.4, -0.2) is 14.5 Å². The smallest absolute Gasteiger partial charge is 0.160 e.